The van der Waals surface area contributed by atoms with Gasteiger partial charge in [0, 0.05) is 35.1 Å². The van der Waals surface area contributed by atoms with Crippen molar-refractivity contribution < 1.29 is 42.7 Å². The molecule has 0 saturated carbocycles. The molecule has 0 spiro atoms. The van der Waals surface area contributed by atoms with Crippen LogP contribution in [0.3, 0.4) is 0 Å². The molecule has 1 atom stereocenters. The van der Waals surface area contributed by atoms with E-state index in [1.807, 2.05) is 48.5 Å². The highest BCUT2D eigenvalue weighted by molar-refractivity contribution is 6.15. The largest absolute Gasteiger partial charge is 0.497 e. The van der Waals surface area contributed by atoms with E-state index in [9.17, 15) is 9.59 Å². The van der Waals surface area contributed by atoms with E-state index in [-0.39, 0.29) is 23.9 Å². The molecule has 0 saturated heterocycles. The summed E-state index contributed by atoms with van der Waals surface area (Å²) in [5, 5.41) is 0. The van der Waals surface area contributed by atoms with Gasteiger partial charge in [-0.05, 0) is 48.0 Å². The average Bonchev–Trinajstić information content (AvgIpc) is 3.39. The molecule has 2 heterocycles. The SMILES string of the molecule is COc1ccc(CCOc2ccccc2[C@@H]2CC(=O)Oc3ccc4c(c32)O/C(=C\c2cc(OC)c(OC)cc2OC)C4=O)cc1. The van der Waals surface area contributed by atoms with Crippen LogP contribution in [0.2, 0.25) is 0 Å². The van der Waals surface area contributed by atoms with Crippen molar-refractivity contribution in [2.75, 3.05) is 35.0 Å². The highest BCUT2D eigenvalue weighted by Crippen LogP contribution is 2.50. The molecule has 4 aromatic rings. The number of ether oxygens (including phenoxy) is 7. The number of Topliss-reactive ketones (excluding diaryl/α,β-unsaturated/α-hetero) is 1. The van der Waals surface area contributed by atoms with Crippen LogP contribution in [0.25, 0.3) is 6.08 Å². The van der Waals surface area contributed by atoms with Crippen LogP contribution in [-0.2, 0) is 11.2 Å². The maximum Gasteiger partial charge on any atom is 0.312 e. The lowest BCUT2D eigenvalue weighted by atomic mass is 9.84. The minimum absolute atomic E-state index is 0.0579. The normalized spacial score (nSPS) is 15.9. The molecule has 0 aliphatic carbocycles. The summed E-state index contributed by atoms with van der Waals surface area (Å²) in [4.78, 5) is 26.4. The van der Waals surface area contributed by atoms with Gasteiger partial charge in [-0.3, -0.25) is 9.59 Å². The second-order valence-electron chi connectivity index (χ2n) is 10.5. The van der Waals surface area contributed by atoms with Crippen LogP contribution in [0.4, 0.5) is 0 Å². The molecule has 6 rings (SSSR count). The van der Waals surface area contributed by atoms with Crippen molar-refractivity contribution in [1.82, 2.24) is 0 Å². The van der Waals surface area contributed by atoms with Crippen molar-refractivity contribution in [1.29, 1.82) is 0 Å². The number of carbonyl (C=O) groups is 2. The van der Waals surface area contributed by atoms with Crippen LogP contribution >= 0.6 is 0 Å². The van der Waals surface area contributed by atoms with Crippen molar-refractivity contribution in [3.63, 3.8) is 0 Å². The predicted molar refractivity (Wildman–Crippen MR) is 166 cm³/mol. The van der Waals surface area contributed by atoms with Gasteiger partial charge in [0.25, 0.3) is 0 Å². The summed E-state index contributed by atoms with van der Waals surface area (Å²) >= 11 is 0. The summed E-state index contributed by atoms with van der Waals surface area (Å²) in [6, 6.07) is 22.1. The maximum atomic E-state index is 13.6. The number of para-hydroxylation sites is 1. The Hall–Kier alpha value is -5.44. The van der Waals surface area contributed by atoms with Crippen molar-refractivity contribution >= 4 is 17.8 Å². The van der Waals surface area contributed by atoms with E-state index in [2.05, 4.69) is 0 Å². The van der Waals surface area contributed by atoms with Gasteiger partial charge in [-0.15, -0.1) is 0 Å². The number of carbonyl (C=O) groups excluding carboxylic acids is 2. The summed E-state index contributed by atoms with van der Waals surface area (Å²) in [5.74, 6) is 2.53. The third-order valence-corrected chi connectivity index (χ3v) is 7.90. The van der Waals surface area contributed by atoms with Crippen molar-refractivity contribution in [3.05, 3.63) is 106 Å². The molecule has 0 unspecified atom stereocenters. The summed E-state index contributed by atoms with van der Waals surface area (Å²) in [7, 11) is 6.23. The molecule has 0 fully saturated rings. The maximum absolute atomic E-state index is 13.6. The Labute approximate surface area is 260 Å². The fraction of sp³-hybridized carbons (Fsp3) is 0.222. The molecule has 230 valence electrons. The van der Waals surface area contributed by atoms with E-state index in [0.717, 1.165) is 16.9 Å². The Kier molecular flexibility index (Phi) is 8.33. The quantitative estimate of drug-likeness (QED) is 0.115. The molecule has 2 aliphatic rings. The first-order valence-corrected chi connectivity index (χ1v) is 14.4. The highest BCUT2D eigenvalue weighted by Gasteiger charge is 2.39. The van der Waals surface area contributed by atoms with Crippen LogP contribution in [0.1, 0.15) is 45.0 Å². The highest BCUT2D eigenvalue weighted by atomic mass is 16.5. The van der Waals surface area contributed by atoms with Crippen molar-refractivity contribution in [2.45, 2.75) is 18.8 Å². The molecule has 45 heavy (non-hydrogen) atoms. The van der Waals surface area contributed by atoms with Crippen molar-refractivity contribution in [3.8, 4) is 40.2 Å². The number of fused-ring (bicyclic) bond motifs is 3. The van der Waals surface area contributed by atoms with Crippen LogP contribution in [-0.4, -0.2) is 46.8 Å². The third kappa shape index (κ3) is 5.76. The molecule has 0 aromatic heterocycles. The molecule has 0 N–H and O–H groups in total. The van der Waals surface area contributed by atoms with Gasteiger partial charge in [0.15, 0.2) is 17.3 Å². The third-order valence-electron chi connectivity index (χ3n) is 7.90. The summed E-state index contributed by atoms with van der Waals surface area (Å²) in [6.45, 7) is 0.426. The summed E-state index contributed by atoms with van der Waals surface area (Å²) in [6.07, 6.45) is 2.35. The number of methoxy groups -OCH3 is 4. The minimum atomic E-state index is -0.462. The number of hydrogen-bond donors (Lipinski definition) is 0. The predicted octanol–water partition coefficient (Wildman–Crippen LogP) is 6.40. The van der Waals surface area contributed by atoms with Crippen LogP contribution in [0.5, 0.6) is 40.2 Å². The van der Waals surface area contributed by atoms with Gasteiger partial charge in [-0.25, -0.2) is 0 Å². The molecule has 4 aromatic carbocycles. The monoisotopic (exact) mass is 608 g/mol. The Bertz CT molecular complexity index is 1790. The fourth-order valence-electron chi connectivity index (χ4n) is 5.65. The molecule has 0 bridgehead atoms. The van der Waals surface area contributed by atoms with E-state index in [0.29, 0.717) is 64.2 Å². The second kappa shape index (κ2) is 12.7. The standard InChI is InChI=1S/C36H32O9/c1-39-23-11-9-21(10-12-23)15-16-43-27-8-6-5-7-24(27)26-19-33(37)44-28-14-13-25-35(38)32(45-36(25)34(26)28)18-22-17-30(41-3)31(42-4)20-29(22)40-2/h5-14,17-18,20,26H,15-16,19H2,1-4H3/b32-18-/t26-/m0/s1. The number of benzene rings is 4. The van der Waals surface area contributed by atoms with E-state index in [1.54, 1.807) is 37.5 Å². The van der Waals surface area contributed by atoms with E-state index < -0.39 is 5.92 Å². The van der Waals surface area contributed by atoms with Crippen LogP contribution < -0.4 is 33.2 Å². The minimum Gasteiger partial charge on any atom is -0.497 e. The van der Waals surface area contributed by atoms with Crippen molar-refractivity contribution in [2.24, 2.45) is 0 Å². The Morgan fingerprint density at radius 3 is 2.24 bits per heavy atom. The molecule has 9 heteroatoms. The van der Waals surface area contributed by atoms with E-state index >= 15 is 0 Å². The molecular weight excluding hydrogens is 576 g/mol. The smallest absolute Gasteiger partial charge is 0.312 e. The van der Waals surface area contributed by atoms with Gasteiger partial charge < -0.3 is 33.2 Å². The summed E-state index contributed by atoms with van der Waals surface area (Å²) < 4.78 is 39.8. The Morgan fingerprint density at radius 1 is 0.778 bits per heavy atom. The lowest BCUT2D eigenvalue weighted by Crippen LogP contribution is -2.22. The Balaban J connectivity index is 1.33. The average molecular weight is 609 g/mol. The first kappa shape index (κ1) is 29.6. The zero-order valence-corrected chi connectivity index (χ0v) is 25.4. The molecule has 9 nitrogen and oxygen atoms in total. The van der Waals surface area contributed by atoms with Gasteiger partial charge >= 0.3 is 5.97 Å². The topological polar surface area (TPSA) is 98.8 Å². The van der Waals surface area contributed by atoms with E-state index in [4.69, 9.17) is 33.2 Å². The second-order valence-corrected chi connectivity index (χ2v) is 10.5. The van der Waals surface area contributed by atoms with Gasteiger partial charge in [0.1, 0.15) is 28.7 Å². The fourth-order valence-corrected chi connectivity index (χ4v) is 5.65. The molecule has 0 radical (unpaired) electrons. The first-order chi connectivity index (χ1) is 21.9. The zero-order chi connectivity index (χ0) is 31.5. The van der Waals surface area contributed by atoms with Gasteiger partial charge in [0.05, 0.1) is 47.0 Å². The summed E-state index contributed by atoms with van der Waals surface area (Å²) in [5.41, 5.74) is 3.47. The molecular formula is C36H32O9. The number of esters is 1. The molecule has 2 aliphatic heterocycles. The van der Waals surface area contributed by atoms with Crippen LogP contribution in [0, 0.1) is 0 Å². The number of hydrogen-bond acceptors (Lipinski definition) is 9. The number of allylic oxidation sites excluding steroid dienone is 1. The zero-order valence-electron chi connectivity index (χ0n) is 25.4. The number of ketones is 1. The van der Waals surface area contributed by atoms with Gasteiger partial charge in [0.2, 0.25) is 5.78 Å². The van der Waals surface area contributed by atoms with Gasteiger partial charge in [-0.1, -0.05) is 30.3 Å². The Morgan fingerprint density at radius 2 is 1.51 bits per heavy atom. The molecule has 0 amide bonds. The van der Waals surface area contributed by atoms with Gasteiger partial charge in [-0.2, -0.15) is 0 Å². The first-order valence-electron chi connectivity index (χ1n) is 14.4. The van der Waals surface area contributed by atoms with Crippen LogP contribution in [0.15, 0.2) is 78.6 Å². The lowest BCUT2D eigenvalue weighted by molar-refractivity contribution is -0.135. The lowest BCUT2D eigenvalue weighted by Gasteiger charge is -2.27. The van der Waals surface area contributed by atoms with E-state index in [1.165, 1.54) is 21.3 Å². The number of rotatable bonds is 10.